The van der Waals surface area contributed by atoms with E-state index in [1.54, 1.807) is 63.2 Å². The largest absolute Gasteiger partial charge is 0.580 e. The molecule has 0 spiro atoms. The number of nitrogens with zero attached hydrogens (tertiary/aromatic N) is 3. The summed E-state index contributed by atoms with van der Waals surface area (Å²) in [6.45, 7) is 3.70. The lowest BCUT2D eigenvalue weighted by molar-refractivity contribution is -0.186. The summed E-state index contributed by atoms with van der Waals surface area (Å²) in [6.07, 6.45) is 0. The first-order valence-corrected chi connectivity index (χ1v) is 6.34. The van der Waals surface area contributed by atoms with Gasteiger partial charge in [-0.25, -0.2) is 15.2 Å². The Morgan fingerprint density at radius 2 is 1.07 bits per heavy atom. The van der Waals surface area contributed by atoms with Gasteiger partial charge in [0.25, 0.3) is 0 Å². The van der Waals surface area contributed by atoms with Crippen molar-refractivity contribution in [2.75, 3.05) is 42.3 Å². The van der Waals surface area contributed by atoms with E-state index in [1.165, 1.54) is 0 Å². The summed E-state index contributed by atoms with van der Waals surface area (Å²) in [5, 5.41) is 4.63. The van der Waals surface area contributed by atoms with Gasteiger partial charge in [-0.15, -0.1) is 0 Å². The van der Waals surface area contributed by atoms with E-state index >= 15 is 0 Å². The van der Waals surface area contributed by atoms with Gasteiger partial charge in [-0.2, -0.15) is 0 Å². The summed E-state index contributed by atoms with van der Waals surface area (Å²) in [7, 11) is 7.69. The molecule has 7 heteroatoms. The van der Waals surface area contributed by atoms with Gasteiger partial charge in [0.15, 0.2) is 0 Å². The van der Waals surface area contributed by atoms with E-state index < -0.39 is 8.80 Å². The smallest absolute Gasteiger partial charge is 0.281 e. The first-order chi connectivity index (χ1) is 6.81. The van der Waals surface area contributed by atoms with Crippen molar-refractivity contribution in [3.63, 3.8) is 0 Å². The van der Waals surface area contributed by atoms with E-state index in [1.807, 2.05) is 0 Å². The summed E-state index contributed by atoms with van der Waals surface area (Å²) >= 11 is 0. The molecule has 15 heavy (non-hydrogen) atoms. The third kappa shape index (κ3) is 6.00. The molecule has 0 heterocycles. The Kier molecular flexibility index (Phi) is 6.21. The lowest BCUT2D eigenvalue weighted by Crippen LogP contribution is -2.53. The van der Waals surface area contributed by atoms with Crippen LogP contribution in [0.25, 0.3) is 0 Å². The summed E-state index contributed by atoms with van der Waals surface area (Å²) in [4.78, 5) is 0. The maximum Gasteiger partial charge on any atom is 0.580 e. The van der Waals surface area contributed by atoms with Crippen molar-refractivity contribution in [1.29, 1.82) is 0 Å². The van der Waals surface area contributed by atoms with Gasteiger partial charge in [-0.1, -0.05) is 6.58 Å². The van der Waals surface area contributed by atoms with Gasteiger partial charge < -0.3 is 0 Å². The minimum atomic E-state index is -2.92. The molecular weight excluding hydrogens is 214 g/mol. The van der Waals surface area contributed by atoms with Crippen LogP contribution in [0.5, 0.6) is 0 Å². The average Bonchev–Trinajstić information content (AvgIpc) is 1.99. The molecule has 6 nitrogen and oxygen atoms in total. The molecule has 0 aliphatic heterocycles. The molecule has 0 aliphatic carbocycles. The van der Waals surface area contributed by atoms with Crippen LogP contribution in [-0.4, -0.2) is 66.3 Å². The number of hydrogen-bond donors (Lipinski definition) is 0. The minimum Gasteiger partial charge on any atom is -0.281 e. The number of hydroxylamine groups is 6. The van der Waals surface area contributed by atoms with Crippen LogP contribution in [0.15, 0.2) is 12.3 Å². The quantitative estimate of drug-likeness (QED) is 0.461. The minimum absolute atomic E-state index is 1.54. The summed E-state index contributed by atoms with van der Waals surface area (Å²) < 4.78 is 16.6. The van der Waals surface area contributed by atoms with Crippen LogP contribution in [0.3, 0.4) is 0 Å². The van der Waals surface area contributed by atoms with Crippen molar-refractivity contribution in [3.05, 3.63) is 12.3 Å². The average molecular weight is 235 g/mol. The van der Waals surface area contributed by atoms with Gasteiger partial charge in [-0.05, 0) is 5.70 Å². The highest BCUT2D eigenvalue weighted by molar-refractivity contribution is 6.65. The van der Waals surface area contributed by atoms with Crippen molar-refractivity contribution in [2.24, 2.45) is 0 Å². The van der Waals surface area contributed by atoms with Crippen molar-refractivity contribution in [2.45, 2.75) is 0 Å². The zero-order valence-corrected chi connectivity index (χ0v) is 11.4. The fraction of sp³-hybridized carbons (Fsp3) is 0.750. The van der Waals surface area contributed by atoms with E-state index in [0.717, 1.165) is 0 Å². The zero-order valence-electron chi connectivity index (χ0n) is 10.4. The van der Waals surface area contributed by atoms with Crippen molar-refractivity contribution >= 4 is 8.80 Å². The molecule has 0 unspecified atom stereocenters. The van der Waals surface area contributed by atoms with E-state index in [0.29, 0.717) is 0 Å². The lowest BCUT2D eigenvalue weighted by atomic mass is 11.2. The van der Waals surface area contributed by atoms with Crippen molar-refractivity contribution in [3.8, 4) is 0 Å². The monoisotopic (exact) mass is 235 g/mol. The summed E-state index contributed by atoms with van der Waals surface area (Å²) in [6, 6.07) is 0. The highest BCUT2D eigenvalue weighted by Gasteiger charge is 2.43. The van der Waals surface area contributed by atoms with Gasteiger partial charge in [0.1, 0.15) is 0 Å². The van der Waals surface area contributed by atoms with Gasteiger partial charge in [0.05, 0.1) is 0 Å². The topological polar surface area (TPSA) is 37.4 Å². The molecular formula is C8H21N3O3Si. The second kappa shape index (κ2) is 6.33. The Balaban J connectivity index is 4.66. The third-order valence-electron chi connectivity index (χ3n) is 1.18. The van der Waals surface area contributed by atoms with Crippen molar-refractivity contribution < 1.29 is 13.6 Å². The van der Waals surface area contributed by atoms with Crippen LogP contribution in [0.2, 0.25) is 0 Å². The molecule has 0 bridgehead atoms. The van der Waals surface area contributed by atoms with E-state index in [4.69, 9.17) is 13.6 Å². The van der Waals surface area contributed by atoms with Gasteiger partial charge >= 0.3 is 8.80 Å². The molecule has 0 amide bonds. The maximum absolute atomic E-state index is 5.54. The van der Waals surface area contributed by atoms with Gasteiger partial charge in [0.2, 0.25) is 0 Å². The van der Waals surface area contributed by atoms with E-state index in [2.05, 4.69) is 6.58 Å². The molecule has 0 fully saturated rings. The molecule has 0 N–H and O–H groups in total. The lowest BCUT2D eigenvalue weighted by Gasteiger charge is -2.32. The predicted molar refractivity (Wildman–Crippen MR) is 60.3 cm³/mol. The molecule has 0 aromatic rings. The first-order valence-electron chi connectivity index (χ1n) is 4.54. The fourth-order valence-electron chi connectivity index (χ4n) is 0.925. The first kappa shape index (κ1) is 14.7. The molecule has 0 radical (unpaired) electrons. The Hall–Kier alpha value is -0.283. The molecule has 0 atom stereocenters. The number of rotatable bonds is 7. The highest BCUT2D eigenvalue weighted by Crippen LogP contribution is 2.13. The maximum atomic E-state index is 5.54. The Bertz CT molecular complexity index is 173. The summed E-state index contributed by atoms with van der Waals surface area (Å²) in [5.74, 6) is 0. The molecule has 0 aliphatic rings. The van der Waals surface area contributed by atoms with E-state index in [-0.39, 0.29) is 0 Å². The second-order valence-electron chi connectivity index (χ2n) is 3.52. The van der Waals surface area contributed by atoms with E-state index in [9.17, 15) is 0 Å². The molecule has 0 aromatic heterocycles. The molecule has 0 saturated heterocycles. The standard InChI is InChI=1S/C8H21N3O3Si/c1-8-15(12-9(2)3,13-10(4)5)14-11(6)7/h8H,1H2,2-7H3. The van der Waals surface area contributed by atoms with Crippen LogP contribution in [-0.2, 0) is 13.6 Å². The molecule has 90 valence electrons. The predicted octanol–water partition coefficient (Wildman–Crippen LogP) is 0.130. The number of hydrogen-bond acceptors (Lipinski definition) is 6. The Labute approximate surface area is 92.8 Å². The molecule has 0 aromatic carbocycles. The zero-order chi connectivity index (χ0) is 12.1. The van der Waals surface area contributed by atoms with Crippen LogP contribution in [0.1, 0.15) is 0 Å². The molecule has 0 rings (SSSR count). The fourth-order valence-corrected chi connectivity index (χ4v) is 2.78. The van der Waals surface area contributed by atoms with Crippen LogP contribution in [0.4, 0.5) is 0 Å². The SMILES string of the molecule is C=C[Si](ON(C)C)(ON(C)C)ON(C)C. The van der Waals surface area contributed by atoms with Crippen LogP contribution < -0.4 is 0 Å². The third-order valence-corrected chi connectivity index (χ3v) is 3.54. The molecule has 0 saturated carbocycles. The van der Waals surface area contributed by atoms with Gasteiger partial charge in [0, 0.05) is 42.3 Å². The van der Waals surface area contributed by atoms with Crippen LogP contribution >= 0.6 is 0 Å². The van der Waals surface area contributed by atoms with Crippen molar-refractivity contribution in [1.82, 2.24) is 15.2 Å². The normalized spacial score (nSPS) is 12.9. The van der Waals surface area contributed by atoms with Gasteiger partial charge in [-0.3, -0.25) is 13.6 Å². The Morgan fingerprint density at radius 3 is 1.20 bits per heavy atom. The highest BCUT2D eigenvalue weighted by atomic mass is 28.4. The summed E-state index contributed by atoms with van der Waals surface area (Å²) in [5.41, 5.74) is 1.58. The second-order valence-corrected chi connectivity index (χ2v) is 5.68. The Morgan fingerprint density at radius 1 is 0.800 bits per heavy atom. The van der Waals surface area contributed by atoms with Crippen LogP contribution in [0, 0.1) is 0 Å².